The minimum atomic E-state index is -0.482. The summed E-state index contributed by atoms with van der Waals surface area (Å²) in [4.78, 5) is 21.9. The van der Waals surface area contributed by atoms with Gasteiger partial charge in [0.1, 0.15) is 0 Å². The van der Waals surface area contributed by atoms with Crippen LogP contribution in [0.25, 0.3) is 0 Å². The van der Waals surface area contributed by atoms with Gasteiger partial charge in [0.2, 0.25) is 11.8 Å². The highest BCUT2D eigenvalue weighted by atomic mass is 16.2. The Labute approximate surface area is 98.5 Å². The van der Waals surface area contributed by atoms with Crippen molar-refractivity contribution in [3.63, 3.8) is 0 Å². The summed E-state index contributed by atoms with van der Waals surface area (Å²) < 4.78 is 0. The Kier molecular flexibility index (Phi) is 6.73. The van der Waals surface area contributed by atoms with Gasteiger partial charge < -0.3 is 10.6 Å². The SMILES string of the molecule is C=C.CC(=O)NC(C)(C)C(C)(C)NC(C)=O. The highest BCUT2D eigenvalue weighted by molar-refractivity contribution is 5.76. The normalized spacial score (nSPS) is 10.9. The van der Waals surface area contributed by atoms with Crippen LogP contribution in [0.4, 0.5) is 0 Å². The summed E-state index contributed by atoms with van der Waals surface area (Å²) >= 11 is 0. The number of hydrogen-bond donors (Lipinski definition) is 2. The van der Waals surface area contributed by atoms with E-state index in [9.17, 15) is 9.59 Å². The summed E-state index contributed by atoms with van der Waals surface area (Å²) in [6.45, 7) is 16.4. The quantitative estimate of drug-likeness (QED) is 0.721. The van der Waals surface area contributed by atoms with E-state index in [0.717, 1.165) is 0 Å². The van der Waals surface area contributed by atoms with Gasteiger partial charge in [-0.2, -0.15) is 0 Å². The Morgan fingerprint density at radius 2 is 1.00 bits per heavy atom. The molecule has 0 aliphatic rings. The van der Waals surface area contributed by atoms with Crippen LogP contribution in [-0.2, 0) is 9.59 Å². The third-order valence-corrected chi connectivity index (χ3v) is 2.54. The third kappa shape index (κ3) is 5.53. The number of carbonyl (C=O) groups excluding carboxylic acids is 2. The van der Waals surface area contributed by atoms with E-state index < -0.39 is 11.1 Å². The van der Waals surface area contributed by atoms with Crippen molar-refractivity contribution in [1.29, 1.82) is 0 Å². The van der Waals surface area contributed by atoms with Gasteiger partial charge in [0, 0.05) is 13.8 Å². The molecule has 0 unspecified atom stereocenters. The highest BCUT2D eigenvalue weighted by Crippen LogP contribution is 2.20. The number of hydrogen-bond acceptors (Lipinski definition) is 2. The van der Waals surface area contributed by atoms with Crippen molar-refractivity contribution in [1.82, 2.24) is 10.6 Å². The maximum Gasteiger partial charge on any atom is 0.217 e. The molecule has 4 nitrogen and oxygen atoms in total. The Balaban J connectivity index is 0. The van der Waals surface area contributed by atoms with E-state index in [2.05, 4.69) is 23.8 Å². The molecule has 16 heavy (non-hydrogen) atoms. The van der Waals surface area contributed by atoms with Crippen molar-refractivity contribution in [2.75, 3.05) is 0 Å². The largest absolute Gasteiger partial charge is 0.349 e. The second-order valence-corrected chi connectivity index (χ2v) is 4.61. The summed E-state index contributed by atoms with van der Waals surface area (Å²) in [6.07, 6.45) is 0. The lowest BCUT2D eigenvalue weighted by atomic mass is 9.82. The molecular weight excluding hydrogens is 204 g/mol. The summed E-state index contributed by atoms with van der Waals surface area (Å²) in [7, 11) is 0. The molecule has 0 saturated carbocycles. The number of rotatable bonds is 3. The van der Waals surface area contributed by atoms with Crippen LogP contribution in [0.2, 0.25) is 0 Å². The Hall–Kier alpha value is -1.32. The van der Waals surface area contributed by atoms with Crippen LogP contribution in [0.1, 0.15) is 41.5 Å². The zero-order chi connectivity index (χ0) is 13.6. The molecule has 94 valence electrons. The average molecular weight is 228 g/mol. The molecule has 0 rings (SSSR count). The molecular formula is C12H24N2O2. The van der Waals surface area contributed by atoms with Crippen molar-refractivity contribution < 1.29 is 9.59 Å². The van der Waals surface area contributed by atoms with E-state index in [-0.39, 0.29) is 11.8 Å². The molecule has 0 aromatic heterocycles. The lowest BCUT2D eigenvalue weighted by Gasteiger charge is -2.42. The molecule has 0 aliphatic carbocycles. The summed E-state index contributed by atoms with van der Waals surface area (Å²) in [5.74, 6) is -0.207. The molecule has 0 atom stereocenters. The first kappa shape index (κ1) is 17.1. The summed E-state index contributed by atoms with van der Waals surface area (Å²) in [5.41, 5.74) is -0.963. The van der Waals surface area contributed by atoms with Crippen LogP contribution >= 0.6 is 0 Å². The van der Waals surface area contributed by atoms with Gasteiger partial charge in [-0.05, 0) is 27.7 Å². The minimum Gasteiger partial charge on any atom is -0.349 e. The topological polar surface area (TPSA) is 58.2 Å². The molecule has 0 aliphatic heterocycles. The van der Waals surface area contributed by atoms with Crippen molar-refractivity contribution in [2.45, 2.75) is 52.6 Å². The van der Waals surface area contributed by atoms with Gasteiger partial charge >= 0.3 is 0 Å². The van der Waals surface area contributed by atoms with Gasteiger partial charge in [0.25, 0.3) is 0 Å². The van der Waals surface area contributed by atoms with E-state index in [1.165, 1.54) is 13.8 Å². The van der Waals surface area contributed by atoms with Crippen LogP contribution in [0.15, 0.2) is 13.2 Å². The molecule has 0 fully saturated rings. The van der Waals surface area contributed by atoms with Gasteiger partial charge in [-0.15, -0.1) is 13.2 Å². The zero-order valence-electron chi connectivity index (χ0n) is 11.2. The molecule has 0 heterocycles. The minimum absolute atomic E-state index is 0.103. The molecule has 2 N–H and O–H groups in total. The van der Waals surface area contributed by atoms with Crippen LogP contribution in [0.5, 0.6) is 0 Å². The maximum absolute atomic E-state index is 11.0. The lowest BCUT2D eigenvalue weighted by Crippen LogP contribution is -2.64. The maximum atomic E-state index is 11.0. The van der Waals surface area contributed by atoms with E-state index in [1.54, 1.807) is 0 Å². The van der Waals surface area contributed by atoms with Gasteiger partial charge in [-0.1, -0.05) is 0 Å². The van der Waals surface area contributed by atoms with E-state index >= 15 is 0 Å². The predicted molar refractivity (Wildman–Crippen MR) is 67.0 cm³/mol. The molecule has 0 aromatic carbocycles. The standard InChI is InChI=1S/C10H20N2O2.C2H4/c1-7(13)11-9(3,4)10(5,6)12-8(2)14;1-2/h1-6H3,(H,11,13)(H,12,14);1-2H2. The van der Waals surface area contributed by atoms with E-state index in [0.29, 0.717) is 0 Å². The first-order valence-electron chi connectivity index (χ1n) is 5.16. The van der Waals surface area contributed by atoms with Crippen LogP contribution in [0, 0.1) is 0 Å². The summed E-state index contributed by atoms with van der Waals surface area (Å²) in [6, 6.07) is 0. The van der Waals surface area contributed by atoms with E-state index in [4.69, 9.17) is 0 Å². The van der Waals surface area contributed by atoms with E-state index in [1.807, 2.05) is 27.7 Å². The monoisotopic (exact) mass is 228 g/mol. The molecule has 0 saturated heterocycles. The average Bonchev–Trinajstić information content (AvgIpc) is 2.02. The molecule has 0 spiro atoms. The Morgan fingerprint density at radius 3 is 1.12 bits per heavy atom. The zero-order valence-corrected chi connectivity index (χ0v) is 11.2. The molecule has 4 heteroatoms. The first-order chi connectivity index (χ1) is 7.08. The summed E-state index contributed by atoms with van der Waals surface area (Å²) in [5, 5.41) is 5.62. The van der Waals surface area contributed by atoms with Crippen molar-refractivity contribution in [3.05, 3.63) is 13.2 Å². The fourth-order valence-corrected chi connectivity index (χ4v) is 1.19. The predicted octanol–water partition coefficient (Wildman–Crippen LogP) is 1.62. The van der Waals surface area contributed by atoms with Gasteiger partial charge in [0.15, 0.2) is 0 Å². The lowest BCUT2D eigenvalue weighted by molar-refractivity contribution is -0.125. The highest BCUT2D eigenvalue weighted by Gasteiger charge is 2.38. The molecule has 2 amide bonds. The molecule has 0 bridgehead atoms. The third-order valence-electron chi connectivity index (χ3n) is 2.54. The molecule has 0 radical (unpaired) electrons. The van der Waals surface area contributed by atoms with Crippen molar-refractivity contribution in [2.24, 2.45) is 0 Å². The van der Waals surface area contributed by atoms with Crippen LogP contribution in [-0.4, -0.2) is 22.9 Å². The number of nitrogens with one attached hydrogen (secondary N) is 2. The van der Waals surface area contributed by atoms with Gasteiger partial charge in [-0.25, -0.2) is 0 Å². The van der Waals surface area contributed by atoms with Gasteiger partial charge in [0.05, 0.1) is 11.1 Å². The number of carbonyl (C=O) groups is 2. The smallest absolute Gasteiger partial charge is 0.217 e. The molecule has 0 aromatic rings. The van der Waals surface area contributed by atoms with Crippen LogP contribution < -0.4 is 10.6 Å². The number of amides is 2. The second-order valence-electron chi connectivity index (χ2n) is 4.61. The van der Waals surface area contributed by atoms with Crippen molar-refractivity contribution in [3.8, 4) is 0 Å². The first-order valence-corrected chi connectivity index (χ1v) is 5.16. The Bertz CT molecular complexity index is 232. The second kappa shape index (κ2) is 6.30. The van der Waals surface area contributed by atoms with Crippen LogP contribution in [0.3, 0.4) is 0 Å². The van der Waals surface area contributed by atoms with Gasteiger partial charge in [-0.3, -0.25) is 9.59 Å². The fourth-order valence-electron chi connectivity index (χ4n) is 1.19. The Morgan fingerprint density at radius 1 is 0.812 bits per heavy atom. The van der Waals surface area contributed by atoms with Crippen molar-refractivity contribution >= 4 is 11.8 Å². The fraction of sp³-hybridized carbons (Fsp3) is 0.667.